The molecular weight excluding hydrogens is 350 g/mol. The highest BCUT2D eigenvalue weighted by atomic mass is 16.5. The van der Waals surface area contributed by atoms with Crippen LogP contribution < -0.4 is 0 Å². The molecule has 4 rings (SSSR count). The molecule has 0 atom stereocenters. The molecule has 1 aliphatic heterocycles. The van der Waals surface area contributed by atoms with Gasteiger partial charge in [0.05, 0.1) is 24.3 Å². The van der Waals surface area contributed by atoms with Crippen molar-refractivity contribution in [2.75, 3.05) is 26.3 Å². The average Bonchev–Trinajstić information content (AvgIpc) is 3.05. The summed E-state index contributed by atoms with van der Waals surface area (Å²) in [5.74, 6) is 1.74. The van der Waals surface area contributed by atoms with Crippen LogP contribution in [0.1, 0.15) is 29.3 Å². The van der Waals surface area contributed by atoms with Gasteiger partial charge in [-0.05, 0) is 11.6 Å². The molecule has 0 bridgehead atoms. The van der Waals surface area contributed by atoms with Crippen molar-refractivity contribution in [3.05, 3.63) is 65.7 Å². The van der Waals surface area contributed by atoms with E-state index in [1.54, 1.807) is 0 Å². The average molecular weight is 375 g/mol. The number of aromatic nitrogens is 1. The third kappa shape index (κ3) is 3.58. The third-order valence-electron chi connectivity index (χ3n) is 5.21. The summed E-state index contributed by atoms with van der Waals surface area (Å²) in [4.78, 5) is 19.3. The Balaban J connectivity index is 1.86. The number of amidine groups is 1. The summed E-state index contributed by atoms with van der Waals surface area (Å²) in [6.45, 7) is 5.89. The zero-order chi connectivity index (χ0) is 19.3. The van der Waals surface area contributed by atoms with Crippen molar-refractivity contribution in [3.8, 4) is 0 Å². The topological polar surface area (TPSA) is 46.8 Å². The van der Waals surface area contributed by atoms with E-state index in [4.69, 9.17) is 9.73 Å². The number of morpholine rings is 1. The first-order valence-electron chi connectivity index (χ1n) is 9.82. The Kier molecular flexibility index (Phi) is 5.53. The van der Waals surface area contributed by atoms with Crippen LogP contribution in [0, 0.1) is 0 Å². The van der Waals surface area contributed by atoms with E-state index in [2.05, 4.69) is 34.6 Å². The van der Waals surface area contributed by atoms with Crippen molar-refractivity contribution >= 4 is 28.8 Å². The molecule has 1 aromatic heterocycles. The van der Waals surface area contributed by atoms with Crippen molar-refractivity contribution in [2.24, 2.45) is 4.99 Å². The molecule has 1 fully saturated rings. The Morgan fingerprint density at radius 1 is 1.07 bits per heavy atom. The Morgan fingerprint density at radius 2 is 1.79 bits per heavy atom. The highest BCUT2D eigenvalue weighted by Gasteiger charge is 2.19. The molecule has 5 heteroatoms. The Labute approximate surface area is 165 Å². The van der Waals surface area contributed by atoms with Gasteiger partial charge in [-0.3, -0.25) is 4.79 Å². The van der Waals surface area contributed by atoms with Crippen molar-refractivity contribution in [3.63, 3.8) is 0 Å². The smallest absolute Gasteiger partial charge is 0.154 e. The van der Waals surface area contributed by atoms with E-state index >= 15 is 0 Å². The zero-order valence-electron chi connectivity index (χ0n) is 16.2. The predicted molar refractivity (Wildman–Crippen MR) is 113 cm³/mol. The summed E-state index contributed by atoms with van der Waals surface area (Å²) in [6.07, 6.45) is 1.75. The first kappa shape index (κ1) is 18.4. The number of carbonyl (C=O) groups excluding carboxylic acids is 1. The summed E-state index contributed by atoms with van der Waals surface area (Å²) in [5.41, 5.74) is 2.87. The minimum Gasteiger partial charge on any atom is -0.378 e. The number of aldehydes is 1. The van der Waals surface area contributed by atoms with Gasteiger partial charge in [0.2, 0.25) is 0 Å². The van der Waals surface area contributed by atoms with Crippen LogP contribution in [0.4, 0.5) is 5.82 Å². The van der Waals surface area contributed by atoms with E-state index in [1.807, 2.05) is 36.4 Å². The van der Waals surface area contributed by atoms with Crippen LogP contribution in [0.3, 0.4) is 0 Å². The molecule has 0 unspecified atom stereocenters. The number of benzene rings is 2. The summed E-state index contributed by atoms with van der Waals surface area (Å²) >= 11 is 0. The number of para-hydroxylation sites is 1. The van der Waals surface area contributed by atoms with E-state index in [9.17, 15) is 4.79 Å². The largest absolute Gasteiger partial charge is 0.378 e. The molecule has 0 N–H and O–H groups in total. The van der Waals surface area contributed by atoms with Crippen LogP contribution in [0.15, 0.2) is 59.6 Å². The summed E-state index contributed by atoms with van der Waals surface area (Å²) < 4.78 is 7.64. The predicted octanol–water partition coefficient (Wildman–Crippen LogP) is 4.27. The number of hydrogen-bond acceptors (Lipinski definition) is 3. The maximum atomic E-state index is 12.0. The number of hydrogen-bond donors (Lipinski definition) is 0. The van der Waals surface area contributed by atoms with Crippen molar-refractivity contribution in [1.29, 1.82) is 0 Å². The number of nitrogens with zero attached hydrogens (tertiary/aromatic N) is 3. The fourth-order valence-electron chi connectivity index (χ4n) is 3.80. The molecule has 2 heterocycles. The van der Waals surface area contributed by atoms with E-state index in [0.717, 1.165) is 48.4 Å². The Bertz CT molecular complexity index is 986. The highest BCUT2D eigenvalue weighted by Crippen LogP contribution is 2.32. The second kappa shape index (κ2) is 8.40. The number of carbonyl (C=O) groups is 1. The molecule has 0 aliphatic carbocycles. The molecule has 5 nitrogen and oxygen atoms in total. The van der Waals surface area contributed by atoms with Gasteiger partial charge >= 0.3 is 0 Å². The molecule has 1 saturated heterocycles. The standard InChI is InChI=1S/C23H25N3O2/c1-2-22(25-12-14-28-15-13-25)24-23-20(17-27)19-10-6-7-11-21(19)26(23)16-18-8-4-3-5-9-18/h3-11,17H,2,12-16H2,1H3/b24-22-. The normalized spacial score (nSPS) is 15.2. The molecule has 1 aliphatic rings. The van der Waals surface area contributed by atoms with Gasteiger partial charge in [0.15, 0.2) is 6.29 Å². The molecule has 28 heavy (non-hydrogen) atoms. The lowest BCUT2D eigenvalue weighted by molar-refractivity contribution is 0.0673. The number of fused-ring (bicyclic) bond motifs is 1. The maximum Gasteiger partial charge on any atom is 0.154 e. The van der Waals surface area contributed by atoms with Crippen LogP contribution in [0.25, 0.3) is 10.9 Å². The van der Waals surface area contributed by atoms with E-state index in [-0.39, 0.29) is 0 Å². The van der Waals surface area contributed by atoms with Gasteiger partial charge in [0, 0.05) is 31.4 Å². The first-order chi connectivity index (χ1) is 13.8. The number of ether oxygens (including phenoxy) is 1. The second-order valence-corrected chi connectivity index (χ2v) is 6.93. The van der Waals surface area contributed by atoms with Crippen LogP contribution >= 0.6 is 0 Å². The summed E-state index contributed by atoms with van der Waals surface area (Å²) in [6, 6.07) is 18.3. The quantitative estimate of drug-likeness (QED) is 0.380. The Morgan fingerprint density at radius 3 is 2.50 bits per heavy atom. The SMILES string of the molecule is CC/C(=N/c1c(C=O)c2ccccc2n1Cc1ccccc1)N1CCOCC1. The molecule has 0 amide bonds. The van der Waals surface area contributed by atoms with Crippen molar-refractivity contribution < 1.29 is 9.53 Å². The van der Waals surface area contributed by atoms with Crippen LogP contribution in [0.2, 0.25) is 0 Å². The molecule has 0 radical (unpaired) electrons. The molecule has 0 spiro atoms. The zero-order valence-corrected chi connectivity index (χ0v) is 16.2. The number of rotatable bonds is 5. The van der Waals surface area contributed by atoms with Gasteiger partial charge in [-0.1, -0.05) is 55.5 Å². The molecule has 144 valence electrons. The van der Waals surface area contributed by atoms with Gasteiger partial charge in [-0.2, -0.15) is 0 Å². The van der Waals surface area contributed by atoms with Gasteiger partial charge in [0.1, 0.15) is 11.7 Å². The fourth-order valence-corrected chi connectivity index (χ4v) is 3.80. The van der Waals surface area contributed by atoms with E-state index in [0.29, 0.717) is 25.3 Å². The fraction of sp³-hybridized carbons (Fsp3) is 0.304. The van der Waals surface area contributed by atoms with E-state index in [1.165, 1.54) is 5.56 Å². The van der Waals surface area contributed by atoms with Gasteiger partial charge in [-0.25, -0.2) is 4.99 Å². The lowest BCUT2D eigenvalue weighted by Gasteiger charge is -2.29. The summed E-state index contributed by atoms with van der Waals surface area (Å²) in [5, 5.41) is 0.949. The van der Waals surface area contributed by atoms with Crippen LogP contribution in [-0.2, 0) is 11.3 Å². The molecular formula is C23H25N3O2. The lowest BCUT2D eigenvalue weighted by atomic mass is 10.2. The first-order valence-corrected chi connectivity index (χ1v) is 9.82. The molecule has 0 saturated carbocycles. The van der Waals surface area contributed by atoms with Gasteiger partial charge < -0.3 is 14.2 Å². The lowest BCUT2D eigenvalue weighted by Crippen LogP contribution is -2.40. The third-order valence-corrected chi connectivity index (χ3v) is 5.21. The van der Waals surface area contributed by atoms with Crippen LogP contribution in [-0.4, -0.2) is 47.9 Å². The van der Waals surface area contributed by atoms with Crippen molar-refractivity contribution in [2.45, 2.75) is 19.9 Å². The minimum absolute atomic E-state index is 0.658. The maximum absolute atomic E-state index is 12.0. The van der Waals surface area contributed by atoms with Crippen molar-refractivity contribution in [1.82, 2.24) is 9.47 Å². The minimum atomic E-state index is 0.658. The van der Waals surface area contributed by atoms with Gasteiger partial charge in [0.25, 0.3) is 0 Å². The van der Waals surface area contributed by atoms with Crippen LogP contribution in [0.5, 0.6) is 0 Å². The molecule has 3 aromatic rings. The summed E-state index contributed by atoms with van der Waals surface area (Å²) in [7, 11) is 0. The number of aliphatic imine (C=N–C) groups is 1. The molecule has 2 aromatic carbocycles. The highest BCUT2D eigenvalue weighted by molar-refractivity contribution is 6.04. The Hall–Kier alpha value is -2.92. The van der Waals surface area contributed by atoms with Gasteiger partial charge in [-0.15, -0.1) is 0 Å². The second-order valence-electron chi connectivity index (χ2n) is 6.93. The monoisotopic (exact) mass is 375 g/mol. The van der Waals surface area contributed by atoms with E-state index < -0.39 is 0 Å².